The monoisotopic (exact) mass is 555 g/mol. The molecule has 0 bridgehead atoms. The minimum atomic E-state index is -3.87. The number of thiophene rings is 1. The lowest BCUT2D eigenvalue weighted by molar-refractivity contribution is -0.384. The molecule has 0 aliphatic rings. The number of non-ortho nitro benzene ring substituents is 1. The van der Waals surface area contributed by atoms with Crippen LogP contribution in [0, 0.1) is 10.1 Å². The second-order valence-electron chi connectivity index (χ2n) is 7.26. The van der Waals surface area contributed by atoms with Crippen LogP contribution in [-0.2, 0) is 14.8 Å². The van der Waals surface area contributed by atoms with E-state index in [0.29, 0.717) is 10.4 Å². The number of carbonyl (C=O) groups is 2. The molecule has 37 heavy (non-hydrogen) atoms. The van der Waals surface area contributed by atoms with Crippen molar-refractivity contribution < 1.29 is 22.9 Å². The lowest BCUT2D eigenvalue weighted by atomic mass is 10.1. The van der Waals surface area contributed by atoms with Gasteiger partial charge in [-0.25, -0.2) is 13.4 Å². The van der Waals surface area contributed by atoms with E-state index >= 15 is 0 Å². The van der Waals surface area contributed by atoms with Crippen LogP contribution in [0.15, 0.2) is 88.2 Å². The summed E-state index contributed by atoms with van der Waals surface area (Å²) in [5.41, 5.74) is 0.233. The first kappa shape index (κ1) is 25.7. The van der Waals surface area contributed by atoms with E-state index in [9.17, 15) is 28.1 Å². The smallest absolute Gasteiger partial charge is 0.272 e. The van der Waals surface area contributed by atoms with Crippen molar-refractivity contribution in [3.8, 4) is 0 Å². The van der Waals surface area contributed by atoms with Crippen LogP contribution in [0.3, 0.4) is 0 Å². The minimum absolute atomic E-state index is 0.0425. The minimum Gasteiger partial charge on any atom is -0.321 e. The first-order chi connectivity index (χ1) is 17.7. The van der Waals surface area contributed by atoms with Crippen LogP contribution >= 0.6 is 22.7 Å². The largest absolute Gasteiger partial charge is 0.321 e. The number of rotatable bonds is 9. The second kappa shape index (κ2) is 11.1. The zero-order chi connectivity index (χ0) is 26.4. The van der Waals surface area contributed by atoms with E-state index in [-0.39, 0.29) is 27.1 Å². The van der Waals surface area contributed by atoms with E-state index in [0.717, 1.165) is 11.3 Å². The molecule has 0 atom stereocenters. The van der Waals surface area contributed by atoms with E-state index in [1.165, 1.54) is 66.1 Å². The zero-order valence-corrected chi connectivity index (χ0v) is 21.1. The van der Waals surface area contributed by atoms with E-state index in [2.05, 4.69) is 20.3 Å². The number of benzene rings is 2. The van der Waals surface area contributed by atoms with Gasteiger partial charge in [0.15, 0.2) is 5.13 Å². The Morgan fingerprint density at radius 2 is 1.78 bits per heavy atom. The van der Waals surface area contributed by atoms with Gasteiger partial charge in [0.1, 0.15) is 5.70 Å². The lowest BCUT2D eigenvalue weighted by Gasteiger charge is -2.11. The number of sulfonamides is 1. The van der Waals surface area contributed by atoms with Crippen molar-refractivity contribution in [1.29, 1.82) is 0 Å². The van der Waals surface area contributed by atoms with Gasteiger partial charge in [-0.2, -0.15) is 0 Å². The van der Waals surface area contributed by atoms with E-state index in [4.69, 9.17) is 0 Å². The lowest BCUT2D eigenvalue weighted by Crippen LogP contribution is -2.30. The Bertz CT molecular complexity index is 1570. The SMILES string of the molecule is O=C(Nc1ccc(S(=O)(=O)Nc2nccs2)cc1)C(=Cc1cccc([N+](=O)[O-])c1)NC(=O)c1cccs1. The molecule has 0 saturated heterocycles. The summed E-state index contributed by atoms with van der Waals surface area (Å²) in [6.45, 7) is 0. The molecule has 0 unspecified atom stereocenters. The summed E-state index contributed by atoms with van der Waals surface area (Å²) in [5.74, 6) is -1.25. The summed E-state index contributed by atoms with van der Waals surface area (Å²) in [5, 5.41) is 19.8. The van der Waals surface area contributed by atoms with Gasteiger partial charge in [-0.1, -0.05) is 18.2 Å². The third-order valence-electron chi connectivity index (χ3n) is 4.71. The molecule has 2 heterocycles. The van der Waals surface area contributed by atoms with Crippen molar-refractivity contribution >= 4 is 67.1 Å². The van der Waals surface area contributed by atoms with Crippen molar-refractivity contribution in [3.05, 3.63) is 104 Å². The van der Waals surface area contributed by atoms with Crippen molar-refractivity contribution in [2.75, 3.05) is 10.0 Å². The average Bonchev–Trinajstić information content (AvgIpc) is 3.58. The molecule has 0 radical (unpaired) electrons. The molecule has 188 valence electrons. The van der Waals surface area contributed by atoms with Crippen LogP contribution in [0.4, 0.5) is 16.5 Å². The van der Waals surface area contributed by atoms with Crippen LogP contribution in [0.2, 0.25) is 0 Å². The Morgan fingerprint density at radius 1 is 1.00 bits per heavy atom. The normalized spacial score (nSPS) is 11.5. The number of aromatic nitrogens is 1. The maximum atomic E-state index is 13.1. The average molecular weight is 556 g/mol. The highest BCUT2D eigenvalue weighted by atomic mass is 32.2. The summed E-state index contributed by atoms with van der Waals surface area (Å²) < 4.78 is 27.4. The Balaban J connectivity index is 1.56. The Labute approximate surface area is 218 Å². The van der Waals surface area contributed by atoms with Gasteiger partial charge < -0.3 is 10.6 Å². The summed E-state index contributed by atoms with van der Waals surface area (Å²) in [6, 6.07) is 14.2. The van der Waals surface area contributed by atoms with Gasteiger partial charge >= 0.3 is 0 Å². The Morgan fingerprint density at radius 3 is 2.43 bits per heavy atom. The summed E-state index contributed by atoms with van der Waals surface area (Å²) in [6.07, 6.45) is 2.78. The Kier molecular flexibility index (Phi) is 7.71. The molecule has 2 aromatic carbocycles. The molecule has 4 rings (SSSR count). The molecule has 0 aliphatic carbocycles. The van der Waals surface area contributed by atoms with Gasteiger partial charge in [0, 0.05) is 29.4 Å². The number of hydrogen-bond donors (Lipinski definition) is 3. The topological polar surface area (TPSA) is 160 Å². The van der Waals surface area contributed by atoms with Gasteiger partial charge in [-0.05, 0) is 47.4 Å². The fraction of sp³-hybridized carbons (Fsp3) is 0. The van der Waals surface area contributed by atoms with Crippen LogP contribution in [0.1, 0.15) is 15.2 Å². The number of nitro benzene ring substituents is 1. The molecule has 4 aromatic rings. The van der Waals surface area contributed by atoms with Crippen molar-refractivity contribution in [3.63, 3.8) is 0 Å². The van der Waals surface area contributed by atoms with Crippen molar-refractivity contribution in [2.45, 2.75) is 4.90 Å². The molecule has 2 amide bonds. The van der Waals surface area contributed by atoms with Crippen LogP contribution in [0.5, 0.6) is 0 Å². The fourth-order valence-electron chi connectivity index (χ4n) is 3.01. The van der Waals surface area contributed by atoms with Crippen molar-refractivity contribution in [2.24, 2.45) is 0 Å². The maximum absolute atomic E-state index is 13.1. The zero-order valence-electron chi connectivity index (χ0n) is 18.7. The molecule has 14 heteroatoms. The quantitative estimate of drug-likeness (QED) is 0.157. The summed E-state index contributed by atoms with van der Waals surface area (Å²) in [7, 11) is -3.87. The molecule has 2 aromatic heterocycles. The van der Waals surface area contributed by atoms with Crippen LogP contribution in [-0.4, -0.2) is 30.1 Å². The number of carbonyl (C=O) groups excluding carboxylic acids is 2. The number of nitrogens with one attached hydrogen (secondary N) is 3. The molecule has 0 fully saturated rings. The van der Waals surface area contributed by atoms with E-state index in [1.54, 1.807) is 29.0 Å². The number of thiazole rings is 1. The van der Waals surface area contributed by atoms with Gasteiger partial charge in [-0.15, -0.1) is 22.7 Å². The summed E-state index contributed by atoms with van der Waals surface area (Å²) >= 11 is 2.31. The van der Waals surface area contributed by atoms with E-state index in [1.807, 2.05) is 0 Å². The Hall–Kier alpha value is -4.40. The first-order valence-electron chi connectivity index (χ1n) is 10.4. The van der Waals surface area contributed by atoms with Gasteiger partial charge in [0.25, 0.3) is 27.5 Å². The molecular formula is C23H17N5O6S3. The number of nitrogens with zero attached hydrogens (tertiary/aromatic N) is 2. The molecule has 0 aliphatic heterocycles. The number of hydrogen-bond acceptors (Lipinski definition) is 9. The number of nitro groups is 1. The van der Waals surface area contributed by atoms with Gasteiger partial charge in [0.05, 0.1) is 14.7 Å². The third-order valence-corrected chi connectivity index (χ3v) is 7.75. The standard InChI is InChI=1S/C23H17N5O6S3/c29-21(25-16-6-8-18(9-7-16)37(33,34)27-23-24-10-12-36-23)19(26-22(30)20-5-2-11-35-20)14-15-3-1-4-17(13-15)28(31)32/h1-14H,(H,24,27)(H,25,29)(H,26,30). The highest BCUT2D eigenvalue weighted by Crippen LogP contribution is 2.21. The predicted octanol–water partition coefficient (Wildman–Crippen LogP) is 4.32. The highest BCUT2D eigenvalue weighted by Gasteiger charge is 2.18. The number of anilines is 2. The van der Waals surface area contributed by atoms with Gasteiger partial charge in [-0.3, -0.25) is 24.4 Å². The molecule has 0 spiro atoms. The van der Waals surface area contributed by atoms with Crippen molar-refractivity contribution in [1.82, 2.24) is 10.3 Å². The molecule has 0 saturated carbocycles. The molecular weight excluding hydrogens is 538 g/mol. The van der Waals surface area contributed by atoms with Crippen LogP contribution in [0.25, 0.3) is 6.08 Å². The summed E-state index contributed by atoms with van der Waals surface area (Å²) in [4.78, 5) is 40.4. The highest BCUT2D eigenvalue weighted by molar-refractivity contribution is 7.93. The third kappa shape index (κ3) is 6.63. The van der Waals surface area contributed by atoms with Crippen LogP contribution < -0.4 is 15.4 Å². The molecule has 11 nitrogen and oxygen atoms in total. The van der Waals surface area contributed by atoms with E-state index < -0.39 is 26.8 Å². The predicted molar refractivity (Wildman–Crippen MR) is 141 cm³/mol. The fourth-order valence-corrected chi connectivity index (χ4v) is 5.42. The van der Waals surface area contributed by atoms with Gasteiger partial charge in [0.2, 0.25) is 0 Å². The maximum Gasteiger partial charge on any atom is 0.272 e. The second-order valence-corrected chi connectivity index (χ2v) is 10.8. The first-order valence-corrected chi connectivity index (χ1v) is 13.6. The number of amides is 2. The molecule has 3 N–H and O–H groups in total.